The van der Waals surface area contributed by atoms with Crippen LogP contribution in [-0.2, 0) is 6.54 Å². The van der Waals surface area contributed by atoms with E-state index < -0.39 is 0 Å². The van der Waals surface area contributed by atoms with Gasteiger partial charge in [-0.1, -0.05) is 0 Å². The third-order valence-corrected chi connectivity index (χ3v) is 1.82. The van der Waals surface area contributed by atoms with Crippen LogP contribution >= 0.6 is 0 Å². The molecular formula is C8H7N5O. The lowest BCUT2D eigenvalue weighted by atomic mass is 10.5. The van der Waals surface area contributed by atoms with Crippen molar-refractivity contribution in [3.8, 4) is 6.07 Å². The highest BCUT2D eigenvalue weighted by atomic mass is 16.2. The molecule has 0 unspecified atom stereocenters. The summed E-state index contributed by atoms with van der Waals surface area (Å²) >= 11 is 0. The molecule has 0 fully saturated rings. The van der Waals surface area contributed by atoms with Gasteiger partial charge in [0.15, 0.2) is 5.65 Å². The number of nitriles is 1. The van der Waals surface area contributed by atoms with Gasteiger partial charge in [0.25, 0.3) is 0 Å². The Bertz CT molecular complexity index is 547. The van der Waals surface area contributed by atoms with Gasteiger partial charge >= 0.3 is 5.69 Å². The van der Waals surface area contributed by atoms with E-state index in [0.717, 1.165) is 0 Å². The number of hydrogen-bond acceptors (Lipinski definition) is 4. The zero-order chi connectivity index (χ0) is 9.97. The van der Waals surface area contributed by atoms with Gasteiger partial charge < -0.3 is 0 Å². The van der Waals surface area contributed by atoms with Gasteiger partial charge in [-0.25, -0.2) is 13.9 Å². The Balaban J connectivity index is 2.53. The maximum absolute atomic E-state index is 11.6. The monoisotopic (exact) mass is 189 g/mol. The number of fused-ring (bicyclic) bond motifs is 1. The first-order valence-corrected chi connectivity index (χ1v) is 4.09. The van der Waals surface area contributed by atoms with Gasteiger partial charge in [-0.2, -0.15) is 5.26 Å². The molecule has 0 amide bonds. The lowest BCUT2D eigenvalue weighted by Crippen LogP contribution is -2.20. The van der Waals surface area contributed by atoms with E-state index in [1.165, 1.54) is 21.5 Å². The molecule has 2 aromatic heterocycles. The average molecular weight is 189 g/mol. The molecule has 2 heterocycles. The van der Waals surface area contributed by atoms with Crippen LogP contribution in [0.1, 0.15) is 6.42 Å². The molecule has 14 heavy (non-hydrogen) atoms. The number of aryl methyl sites for hydroxylation is 1. The summed E-state index contributed by atoms with van der Waals surface area (Å²) in [7, 11) is 0. The fraction of sp³-hybridized carbons (Fsp3) is 0.250. The van der Waals surface area contributed by atoms with Crippen LogP contribution in [0.2, 0.25) is 0 Å². The predicted octanol–water partition coefficient (Wildman–Crippen LogP) is -0.195. The largest absolute Gasteiger partial charge is 0.350 e. The topological polar surface area (TPSA) is 76.0 Å². The Kier molecular flexibility index (Phi) is 1.99. The zero-order valence-electron chi connectivity index (χ0n) is 7.29. The Labute approximate surface area is 79.0 Å². The third kappa shape index (κ3) is 1.25. The minimum atomic E-state index is -0.238. The predicted molar refractivity (Wildman–Crippen MR) is 47.5 cm³/mol. The van der Waals surface area contributed by atoms with Crippen molar-refractivity contribution in [2.24, 2.45) is 0 Å². The van der Waals surface area contributed by atoms with Crippen molar-refractivity contribution in [2.75, 3.05) is 0 Å². The van der Waals surface area contributed by atoms with E-state index >= 15 is 0 Å². The van der Waals surface area contributed by atoms with Crippen LogP contribution in [0.15, 0.2) is 23.4 Å². The van der Waals surface area contributed by atoms with Gasteiger partial charge in [0, 0.05) is 12.4 Å². The second kappa shape index (κ2) is 3.30. The summed E-state index contributed by atoms with van der Waals surface area (Å²) in [5.41, 5.74) is 0.257. The molecule has 2 rings (SSSR count). The van der Waals surface area contributed by atoms with E-state index in [-0.39, 0.29) is 12.1 Å². The average Bonchev–Trinajstić information content (AvgIpc) is 2.54. The normalized spacial score (nSPS) is 10.2. The smallest absolute Gasteiger partial charge is 0.259 e. The van der Waals surface area contributed by atoms with E-state index in [1.807, 2.05) is 6.07 Å². The second-order valence-corrected chi connectivity index (χ2v) is 2.72. The number of nitrogens with zero attached hydrogens (tertiary/aromatic N) is 5. The highest BCUT2D eigenvalue weighted by Gasteiger charge is 2.04. The quantitative estimate of drug-likeness (QED) is 0.655. The summed E-state index contributed by atoms with van der Waals surface area (Å²) in [4.78, 5) is 15.4. The van der Waals surface area contributed by atoms with Crippen molar-refractivity contribution in [2.45, 2.75) is 13.0 Å². The van der Waals surface area contributed by atoms with Gasteiger partial charge in [0.1, 0.15) is 0 Å². The fourth-order valence-corrected chi connectivity index (χ4v) is 1.18. The highest BCUT2D eigenvalue weighted by molar-refractivity contribution is 5.31. The van der Waals surface area contributed by atoms with Crippen LogP contribution in [0, 0.1) is 11.3 Å². The first-order chi connectivity index (χ1) is 6.83. The van der Waals surface area contributed by atoms with E-state index in [1.54, 1.807) is 6.20 Å². The third-order valence-electron chi connectivity index (χ3n) is 1.82. The second-order valence-electron chi connectivity index (χ2n) is 2.72. The minimum Gasteiger partial charge on any atom is -0.259 e. The van der Waals surface area contributed by atoms with Crippen molar-refractivity contribution in [3.05, 3.63) is 29.1 Å². The summed E-state index contributed by atoms with van der Waals surface area (Å²) in [6.07, 6.45) is 4.85. The lowest BCUT2D eigenvalue weighted by Gasteiger charge is -1.89. The van der Waals surface area contributed by atoms with Gasteiger partial charge in [0.05, 0.1) is 25.2 Å². The van der Waals surface area contributed by atoms with Gasteiger partial charge in [-0.05, 0) is 0 Å². The first-order valence-electron chi connectivity index (χ1n) is 4.09. The van der Waals surface area contributed by atoms with Gasteiger partial charge in [-0.3, -0.25) is 4.98 Å². The summed E-state index contributed by atoms with van der Waals surface area (Å²) in [5.74, 6) is 0. The zero-order valence-corrected chi connectivity index (χ0v) is 7.29. The van der Waals surface area contributed by atoms with Crippen LogP contribution in [0.5, 0.6) is 0 Å². The molecular weight excluding hydrogens is 182 g/mol. The molecule has 0 aliphatic carbocycles. The minimum absolute atomic E-state index is 0.238. The number of hydrogen-bond donors (Lipinski definition) is 0. The van der Waals surface area contributed by atoms with Crippen molar-refractivity contribution < 1.29 is 0 Å². The van der Waals surface area contributed by atoms with Crippen molar-refractivity contribution in [1.29, 1.82) is 5.26 Å². The van der Waals surface area contributed by atoms with Crippen molar-refractivity contribution >= 4 is 5.65 Å². The standard InChI is InChI=1S/C8H7N5O/c9-2-1-4-13-8(14)12-5-3-10-6-7(12)11-13/h3,5-6H,1,4H2. The molecule has 0 N–H and O–H groups in total. The molecule has 6 heteroatoms. The van der Waals surface area contributed by atoms with Gasteiger partial charge in [-0.15, -0.1) is 5.10 Å². The van der Waals surface area contributed by atoms with Crippen LogP contribution in [0.4, 0.5) is 0 Å². The molecule has 0 radical (unpaired) electrons. The Morgan fingerprint density at radius 2 is 2.43 bits per heavy atom. The highest BCUT2D eigenvalue weighted by Crippen LogP contribution is 1.92. The molecule has 0 saturated carbocycles. The van der Waals surface area contributed by atoms with Crippen molar-refractivity contribution in [1.82, 2.24) is 19.2 Å². The molecule has 0 atom stereocenters. The molecule has 0 saturated heterocycles. The molecule has 0 aromatic carbocycles. The van der Waals surface area contributed by atoms with E-state index in [4.69, 9.17) is 5.26 Å². The molecule has 6 nitrogen and oxygen atoms in total. The first kappa shape index (κ1) is 8.44. The fourth-order valence-electron chi connectivity index (χ4n) is 1.18. The van der Waals surface area contributed by atoms with Crippen molar-refractivity contribution in [3.63, 3.8) is 0 Å². The van der Waals surface area contributed by atoms with E-state index in [9.17, 15) is 4.79 Å². The van der Waals surface area contributed by atoms with E-state index in [2.05, 4.69) is 10.1 Å². The van der Waals surface area contributed by atoms with Gasteiger partial charge in [0.2, 0.25) is 0 Å². The van der Waals surface area contributed by atoms with Crippen LogP contribution < -0.4 is 5.69 Å². The maximum Gasteiger partial charge on any atom is 0.350 e. The van der Waals surface area contributed by atoms with Crippen LogP contribution in [0.3, 0.4) is 0 Å². The summed E-state index contributed by atoms with van der Waals surface area (Å²) < 4.78 is 2.66. The molecule has 2 aromatic rings. The summed E-state index contributed by atoms with van der Waals surface area (Å²) in [6, 6.07) is 1.96. The maximum atomic E-state index is 11.6. The summed E-state index contributed by atoms with van der Waals surface area (Å²) in [5, 5.41) is 12.4. The van der Waals surface area contributed by atoms with E-state index in [0.29, 0.717) is 12.2 Å². The lowest BCUT2D eigenvalue weighted by molar-refractivity contribution is 0.604. The molecule has 0 aliphatic rings. The number of aromatic nitrogens is 4. The molecule has 70 valence electrons. The Morgan fingerprint density at radius 1 is 1.57 bits per heavy atom. The Hall–Kier alpha value is -2.16. The molecule has 0 spiro atoms. The Morgan fingerprint density at radius 3 is 3.14 bits per heavy atom. The summed E-state index contributed by atoms with van der Waals surface area (Å²) in [6.45, 7) is 0.316. The van der Waals surface area contributed by atoms with Crippen LogP contribution in [-0.4, -0.2) is 19.2 Å². The molecule has 0 aliphatic heterocycles. The van der Waals surface area contributed by atoms with Crippen LogP contribution in [0.25, 0.3) is 5.65 Å². The molecule has 0 bridgehead atoms. The number of rotatable bonds is 2. The SMILES string of the molecule is N#CCCn1nc2cnccn2c1=O.